The molecule has 7 nitrogen and oxygen atoms in total. The second kappa shape index (κ2) is 8.21. The number of carbonyl (C=O) groups is 3. The molecule has 0 aromatic heterocycles. The van der Waals surface area contributed by atoms with Crippen molar-refractivity contribution in [2.24, 2.45) is 0 Å². The first-order valence-electron chi connectivity index (χ1n) is 11.7. The molecule has 0 radical (unpaired) electrons. The Morgan fingerprint density at radius 3 is 2.73 bits per heavy atom. The zero-order valence-corrected chi connectivity index (χ0v) is 18.9. The van der Waals surface area contributed by atoms with Gasteiger partial charge in [-0.2, -0.15) is 0 Å². The second-order valence-corrected chi connectivity index (χ2v) is 9.71. The van der Waals surface area contributed by atoms with E-state index in [4.69, 9.17) is 0 Å². The molecule has 5 amide bonds. The number of piperidine rings is 1. The fourth-order valence-electron chi connectivity index (χ4n) is 5.76. The van der Waals surface area contributed by atoms with Crippen molar-refractivity contribution in [1.82, 2.24) is 20.9 Å². The second-order valence-electron chi connectivity index (χ2n) is 9.71. The Hall–Kier alpha value is -3.35. The van der Waals surface area contributed by atoms with Gasteiger partial charge in [-0.05, 0) is 61.3 Å². The molecule has 2 heterocycles. The molecule has 5 rings (SSSR count). The summed E-state index contributed by atoms with van der Waals surface area (Å²) in [4.78, 5) is 38.9. The molecule has 0 saturated carbocycles. The molecule has 3 aliphatic rings. The van der Waals surface area contributed by atoms with Gasteiger partial charge in [-0.15, -0.1) is 0 Å². The first-order valence-corrected chi connectivity index (χ1v) is 11.7. The molecule has 2 saturated heterocycles. The number of hydrogen-bond donors (Lipinski definition) is 3. The van der Waals surface area contributed by atoms with Crippen LogP contribution in [0.2, 0.25) is 0 Å². The number of imide groups is 1. The van der Waals surface area contributed by atoms with Crippen LogP contribution in [0, 0.1) is 0 Å². The molecule has 2 aromatic carbocycles. The highest BCUT2D eigenvalue weighted by molar-refractivity contribution is 6.07. The van der Waals surface area contributed by atoms with Gasteiger partial charge in [0.1, 0.15) is 5.54 Å². The van der Waals surface area contributed by atoms with Gasteiger partial charge in [0.05, 0.1) is 0 Å². The van der Waals surface area contributed by atoms with Crippen molar-refractivity contribution in [3.05, 3.63) is 70.8 Å². The van der Waals surface area contributed by atoms with Crippen molar-refractivity contribution < 1.29 is 14.4 Å². The predicted octanol–water partition coefficient (Wildman–Crippen LogP) is 3.32. The van der Waals surface area contributed by atoms with Gasteiger partial charge in [-0.1, -0.05) is 48.5 Å². The van der Waals surface area contributed by atoms with Crippen molar-refractivity contribution >= 4 is 18.0 Å². The Labute approximate surface area is 193 Å². The summed E-state index contributed by atoms with van der Waals surface area (Å²) >= 11 is 0. The minimum Gasteiger partial charge on any atom is -0.334 e. The van der Waals surface area contributed by atoms with Crippen LogP contribution >= 0.6 is 0 Å². The van der Waals surface area contributed by atoms with Crippen molar-refractivity contribution in [3.8, 4) is 0 Å². The van der Waals surface area contributed by atoms with Crippen LogP contribution in [0.3, 0.4) is 0 Å². The van der Waals surface area contributed by atoms with Crippen LogP contribution in [0.1, 0.15) is 54.9 Å². The summed E-state index contributed by atoms with van der Waals surface area (Å²) in [5.74, 6) is -0.375. The lowest BCUT2D eigenvalue weighted by Crippen LogP contribution is -2.52. The minimum absolute atomic E-state index is 0.0549. The van der Waals surface area contributed by atoms with Crippen LogP contribution in [0.25, 0.3) is 0 Å². The molecule has 2 aliphatic heterocycles. The lowest BCUT2D eigenvalue weighted by molar-refractivity contribution is -0.123. The molecule has 7 heteroatoms. The number of rotatable bonds is 3. The summed E-state index contributed by atoms with van der Waals surface area (Å²) in [6.07, 6.45) is 5.55. The Morgan fingerprint density at radius 1 is 1.09 bits per heavy atom. The zero-order valence-electron chi connectivity index (χ0n) is 18.9. The number of nitrogens with zero attached hydrogens (tertiary/aromatic N) is 1. The van der Waals surface area contributed by atoms with Crippen LogP contribution in [0.15, 0.2) is 48.5 Å². The van der Waals surface area contributed by atoms with E-state index in [9.17, 15) is 14.4 Å². The Bertz CT molecular complexity index is 1120. The molecule has 3 N–H and O–H groups in total. The maximum Gasteiger partial charge on any atom is 0.322 e. The van der Waals surface area contributed by atoms with Gasteiger partial charge >= 0.3 is 12.1 Å². The summed E-state index contributed by atoms with van der Waals surface area (Å²) in [5.41, 5.74) is 3.38. The van der Waals surface area contributed by atoms with Gasteiger partial charge < -0.3 is 15.5 Å². The zero-order chi connectivity index (χ0) is 23.1. The Morgan fingerprint density at radius 2 is 1.91 bits per heavy atom. The third-order valence-corrected chi connectivity index (χ3v) is 7.55. The first kappa shape index (κ1) is 21.5. The van der Waals surface area contributed by atoms with E-state index in [0.717, 1.165) is 44.3 Å². The van der Waals surface area contributed by atoms with E-state index in [2.05, 4.69) is 40.2 Å². The molecule has 0 bridgehead atoms. The number of amides is 5. The van der Waals surface area contributed by atoms with Crippen LogP contribution in [0.4, 0.5) is 9.59 Å². The number of fused-ring (bicyclic) bond motifs is 2. The first-order chi connectivity index (χ1) is 15.9. The SMILES string of the molecule is CC1(c2cccc(CNC(=O)N3CCCC4(CCCc5ccccc54)C3)c2)NC(=O)NC1=O. The third-order valence-electron chi connectivity index (χ3n) is 7.55. The standard InChI is InChI=1S/C26H30N4O3/c1-25(22(31)28-23(32)29-25)20-10-4-7-18(15-20)16-27-24(33)30-14-6-13-26(17-30)12-5-9-19-8-2-3-11-21(19)26/h2-4,7-8,10-11,15H,5-6,9,12-14,16-17H2,1H3,(H,27,33)(H2,28,29,31,32). The molecule has 172 valence electrons. The Balaban J connectivity index is 1.27. The maximum atomic E-state index is 13.1. The molecule has 2 aromatic rings. The van der Waals surface area contributed by atoms with Gasteiger partial charge in [-0.25, -0.2) is 9.59 Å². The van der Waals surface area contributed by atoms with Crippen molar-refractivity contribution in [1.29, 1.82) is 0 Å². The van der Waals surface area contributed by atoms with Gasteiger partial charge in [0, 0.05) is 25.0 Å². The number of nitrogens with one attached hydrogen (secondary N) is 3. The number of benzene rings is 2. The van der Waals surface area contributed by atoms with Crippen LogP contribution in [-0.4, -0.2) is 36.0 Å². The van der Waals surface area contributed by atoms with Crippen molar-refractivity contribution in [3.63, 3.8) is 0 Å². The van der Waals surface area contributed by atoms with E-state index in [1.54, 1.807) is 6.92 Å². The van der Waals surface area contributed by atoms with Crippen LogP contribution in [0.5, 0.6) is 0 Å². The molecule has 2 unspecified atom stereocenters. The van der Waals surface area contributed by atoms with E-state index in [0.29, 0.717) is 12.1 Å². The fourth-order valence-corrected chi connectivity index (χ4v) is 5.76. The molecular weight excluding hydrogens is 416 g/mol. The van der Waals surface area contributed by atoms with Crippen LogP contribution < -0.4 is 16.0 Å². The van der Waals surface area contributed by atoms with E-state index in [-0.39, 0.29) is 17.4 Å². The summed E-state index contributed by atoms with van der Waals surface area (Å²) in [6.45, 7) is 3.55. The van der Waals surface area contributed by atoms with E-state index in [1.165, 1.54) is 17.5 Å². The highest BCUT2D eigenvalue weighted by atomic mass is 16.2. The highest BCUT2D eigenvalue weighted by Gasteiger charge is 2.44. The van der Waals surface area contributed by atoms with Crippen molar-refractivity contribution in [2.45, 2.75) is 56.5 Å². The average molecular weight is 447 g/mol. The average Bonchev–Trinajstić information content (AvgIpc) is 3.10. The quantitative estimate of drug-likeness (QED) is 0.632. The van der Waals surface area contributed by atoms with E-state index in [1.807, 2.05) is 29.2 Å². The lowest BCUT2D eigenvalue weighted by atomic mass is 9.66. The maximum absolute atomic E-state index is 13.1. The molecular formula is C26H30N4O3. The summed E-state index contributed by atoms with van der Waals surface area (Å²) < 4.78 is 0. The molecule has 2 fully saturated rings. The number of likely N-dealkylation sites (tertiary alicyclic amines) is 1. The number of urea groups is 2. The van der Waals surface area contributed by atoms with Crippen LogP contribution in [-0.2, 0) is 28.7 Å². The smallest absolute Gasteiger partial charge is 0.322 e. The fraction of sp³-hybridized carbons (Fsp3) is 0.423. The molecule has 1 aliphatic carbocycles. The van der Waals surface area contributed by atoms with Gasteiger partial charge in [0.2, 0.25) is 0 Å². The summed E-state index contributed by atoms with van der Waals surface area (Å²) in [5, 5.41) is 8.04. The van der Waals surface area contributed by atoms with Gasteiger partial charge in [0.25, 0.3) is 5.91 Å². The molecule has 33 heavy (non-hydrogen) atoms. The van der Waals surface area contributed by atoms with E-state index < -0.39 is 11.6 Å². The minimum atomic E-state index is -1.11. The summed E-state index contributed by atoms with van der Waals surface area (Å²) in [6, 6.07) is 15.6. The van der Waals surface area contributed by atoms with Crippen molar-refractivity contribution in [2.75, 3.05) is 13.1 Å². The third kappa shape index (κ3) is 3.86. The monoisotopic (exact) mass is 446 g/mol. The summed E-state index contributed by atoms with van der Waals surface area (Å²) in [7, 11) is 0. The molecule has 2 atom stereocenters. The molecule has 1 spiro atoms. The lowest BCUT2D eigenvalue weighted by Gasteiger charge is -2.46. The Kier molecular flexibility index (Phi) is 5.35. The topological polar surface area (TPSA) is 90.5 Å². The number of carbonyl (C=O) groups excluding carboxylic acids is 3. The largest absolute Gasteiger partial charge is 0.334 e. The van der Waals surface area contributed by atoms with Gasteiger partial charge in [-0.3, -0.25) is 10.1 Å². The number of aryl methyl sites for hydroxylation is 1. The van der Waals surface area contributed by atoms with E-state index >= 15 is 0 Å². The predicted molar refractivity (Wildman–Crippen MR) is 125 cm³/mol. The normalized spacial score (nSPS) is 26.5. The highest BCUT2D eigenvalue weighted by Crippen LogP contribution is 2.43. The van der Waals surface area contributed by atoms with Gasteiger partial charge in [0.15, 0.2) is 0 Å². The number of hydrogen-bond acceptors (Lipinski definition) is 3.